The van der Waals surface area contributed by atoms with Gasteiger partial charge in [-0.25, -0.2) is 0 Å². The van der Waals surface area contributed by atoms with E-state index in [1.54, 1.807) is 7.11 Å². The minimum atomic E-state index is -0.160. The lowest BCUT2D eigenvalue weighted by Crippen LogP contribution is -2.18. The van der Waals surface area contributed by atoms with Crippen LogP contribution in [0, 0.1) is 0 Å². The molecule has 0 saturated heterocycles. The highest BCUT2D eigenvalue weighted by atomic mass is 32.1. The summed E-state index contributed by atoms with van der Waals surface area (Å²) < 4.78 is 12.8. The summed E-state index contributed by atoms with van der Waals surface area (Å²) in [5.41, 5.74) is 2.08. The lowest BCUT2D eigenvalue weighted by molar-refractivity contribution is -0.116. The molecule has 7 nitrogen and oxygen atoms in total. The number of fused-ring (bicyclic) bond motifs is 1. The highest BCUT2D eigenvalue weighted by Crippen LogP contribution is 2.23. The number of methoxy groups -OCH3 is 1. The highest BCUT2D eigenvalue weighted by Gasteiger charge is 2.11. The van der Waals surface area contributed by atoms with Crippen molar-refractivity contribution >= 4 is 33.3 Å². The molecule has 4 rings (SSSR count). The van der Waals surface area contributed by atoms with Crippen molar-refractivity contribution in [3.63, 3.8) is 0 Å². The quantitative estimate of drug-likeness (QED) is 0.479. The molecule has 0 aliphatic carbocycles. The minimum absolute atomic E-state index is 0.160. The van der Waals surface area contributed by atoms with E-state index in [2.05, 4.69) is 15.5 Å². The number of hydrogen-bond acceptors (Lipinski definition) is 6. The van der Waals surface area contributed by atoms with E-state index >= 15 is 0 Å². The monoisotopic (exact) mass is 408 g/mol. The van der Waals surface area contributed by atoms with Crippen LogP contribution in [0.5, 0.6) is 5.75 Å². The van der Waals surface area contributed by atoms with Crippen molar-refractivity contribution in [2.75, 3.05) is 12.4 Å². The molecule has 0 unspecified atom stereocenters. The van der Waals surface area contributed by atoms with Crippen LogP contribution in [0.1, 0.15) is 10.6 Å². The predicted molar refractivity (Wildman–Crippen MR) is 112 cm³/mol. The number of amides is 1. The summed E-state index contributed by atoms with van der Waals surface area (Å²) >= 11 is 1.30. The SMILES string of the molecule is COCc1nnc(NC(=O)Cn2ccc3cc(OCc4ccccc4)ccc32)s1. The molecule has 2 aromatic carbocycles. The molecular formula is C21H20N4O3S. The van der Waals surface area contributed by atoms with Crippen molar-refractivity contribution in [3.8, 4) is 5.75 Å². The van der Waals surface area contributed by atoms with Gasteiger partial charge in [0.1, 0.15) is 30.5 Å². The van der Waals surface area contributed by atoms with E-state index < -0.39 is 0 Å². The maximum Gasteiger partial charge on any atom is 0.246 e. The second-order valence-electron chi connectivity index (χ2n) is 6.42. The van der Waals surface area contributed by atoms with Crippen molar-refractivity contribution in [1.82, 2.24) is 14.8 Å². The molecule has 4 aromatic rings. The summed E-state index contributed by atoms with van der Waals surface area (Å²) in [6, 6.07) is 17.9. The summed E-state index contributed by atoms with van der Waals surface area (Å²) in [4.78, 5) is 12.4. The van der Waals surface area contributed by atoms with Gasteiger partial charge in [0.2, 0.25) is 11.0 Å². The second-order valence-corrected chi connectivity index (χ2v) is 7.48. The molecule has 2 heterocycles. The zero-order valence-electron chi connectivity index (χ0n) is 15.9. The van der Waals surface area contributed by atoms with Crippen molar-refractivity contribution in [3.05, 3.63) is 71.4 Å². The fraction of sp³-hybridized carbons (Fsp3) is 0.190. The number of rotatable bonds is 8. The number of nitrogens with one attached hydrogen (secondary N) is 1. The van der Waals surface area contributed by atoms with Gasteiger partial charge in [-0.15, -0.1) is 10.2 Å². The topological polar surface area (TPSA) is 78.3 Å². The fourth-order valence-corrected chi connectivity index (χ4v) is 3.67. The number of aromatic nitrogens is 3. The summed E-state index contributed by atoms with van der Waals surface area (Å²) in [7, 11) is 1.59. The normalized spacial score (nSPS) is 10.9. The van der Waals surface area contributed by atoms with E-state index in [0.717, 1.165) is 27.2 Å². The number of benzene rings is 2. The number of nitrogens with zero attached hydrogens (tertiary/aromatic N) is 3. The number of anilines is 1. The molecule has 0 aliphatic heterocycles. The van der Waals surface area contributed by atoms with Gasteiger partial charge in [0.25, 0.3) is 0 Å². The fourth-order valence-electron chi connectivity index (χ4n) is 2.95. The third-order valence-electron chi connectivity index (χ3n) is 4.29. The molecule has 0 atom stereocenters. The average Bonchev–Trinajstić information content (AvgIpc) is 3.34. The maximum absolute atomic E-state index is 12.4. The molecule has 0 bridgehead atoms. The van der Waals surface area contributed by atoms with Gasteiger partial charge in [0.15, 0.2) is 0 Å². The Kier molecular flexibility index (Phi) is 5.83. The smallest absolute Gasteiger partial charge is 0.246 e. The lowest BCUT2D eigenvalue weighted by atomic mass is 10.2. The van der Waals surface area contributed by atoms with Crippen LogP contribution in [0.4, 0.5) is 5.13 Å². The first-order chi connectivity index (χ1) is 14.2. The number of hydrogen-bond donors (Lipinski definition) is 1. The molecule has 0 spiro atoms. The number of ether oxygens (including phenoxy) is 2. The Balaban J connectivity index is 1.39. The molecule has 0 fully saturated rings. The standard InChI is InChI=1S/C21H20N4O3S/c1-27-14-20-23-24-21(29-20)22-19(26)12-25-10-9-16-11-17(7-8-18(16)25)28-13-15-5-3-2-4-6-15/h2-11H,12-14H2,1H3,(H,22,24,26). The van der Waals surface area contributed by atoms with Gasteiger partial charge >= 0.3 is 0 Å². The highest BCUT2D eigenvalue weighted by molar-refractivity contribution is 7.15. The molecule has 0 aliphatic rings. The zero-order valence-corrected chi connectivity index (χ0v) is 16.7. The third-order valence-corrected chi connectivity index (χ3v) is 5.10. The van der Waals surface area contributed by atoms with E-state index in [1.807, 2.05) is 65.4 Å². The van der Waals surface area contributed by atoms with Crippen LogP contribution in [-0.2, 0) is 29.3 Å². The molecule has 1 N–H and O–H groups in total. The van der Waals surface area contributed by atoms with Crippen molar-refractivity contribution in [2.45, 2.75) is 19.8 Å². The van der Waals surface area contributed by atoms with E-state index in [1.165, 1.54) is 11.3 Å². The summed E-state index contributed by atoms with van der Waals surface area (Å²) in [5, 5.41) is 12.9. The molecule has 8 heteroatoms. The van der Waals surface area contributed by atoms with Crippen LogP contribution in [0.25, 0.3) is 10.9 Å². The molecule has 0 saturated carbocycles. The lowest BCUT2D eigenvalue weighted by Gasteiger charge is -2.08. The Morgan fingerprint density at radius 2 is 1.97 bits per heavy atom. The van der Waals surface area contributed by atoms with Crippen LogP contribution in [0.3, 0.4) is 0 Å². The minimum Gasteiger partial charge on any atom is -0.489 e. The second kappa shape index (κ2) is 8.85. The molecule has 1 amide bonds. The first-order valence-electron chi connectivity index (χ1n) is 9.08. The molecule has 0 radical (unpaired) electrons. The Hall–Kier alpha value is -3.23. The average molecular weight is 408 g/mol. The first-order valence-corrected chi connectivity index (χ1v) is 9.90. The number of carbonyl (C=O) groups excluding carboxylic acids is 1. The zero-order chi connectivity index (χ0) is 20.1. The van der Waals surface area contributed by atoms with E-state index in [0.29, 0.717) is 18.3 Å². The first kappa shape index (κ1) is 19.1. The Morgan fingerprint density at radius 1 is 1.10 bits per heavy atom. The molecule has 2 aromatic heterocycles. The largest absolute Gasteiger partial charge is 0.489 e. The molecule has 29 heavy (non-hydrogen) atoms. The van der Waals surface area contributed by atoms with Gasteiger partial charge in [-0.2, -0.15) is 0 Å². The number of carbonyl (C=O) groups is 1. The van der Waals surface area contributed by atoms with E-state index in [-0.39, 0.29) is 12.5 Å². The Labute approximate surface area is 171 Å². The molecular weight excluding hydrogens is 388 g/mol. The third kappa shape index (κ3) is 4.79. The van der Waals surface area contributed by atoms with Crippen LogP contribution in [0.2, 0.25) is 0 Å². The van der Waals surface area contributed by atoms with Gasteiger partial charge in [-0.3, -0.25) is 10.1 Å². The van der Waals surface area contributed by atoms with Crippen molar-refractivity contribution in [1.29, 1.82) is 0 Å². The van der Waals surface area contributed by atoms with Crippen molar-refractivity contribution in [2.24, 2.45) is 0 Å². The van der Waals surface area contributed by atoms with Crippen molar-refractivity contribution < 1.29 is 14.3 Å². The Morgan fingerprint density at radius 3 is 2.79 bits per heavy atom. The molecule has 148 valence electrons. The summed E-state index contributed by atoms with van der Waals surface area (Å²) in [6.45, 7) is 1.08. The predicted octanol–water partition coefficient (Wildman–Crippen LogP) is 3.86. The Bertz CT molecular complexity index is 1110. The van der Waals surface area contributed by atoms with Gasteiger partial charge in [-0.1, -0.05) is 41.7 Å². The van der Waals surface area contributed by atoms with Crippen LogP contribution >= 0.6 is 11.3 Å². The van der Waals surface area contributed by atoms with Gasteiger partial charge in [0, 0.05) is 24.2 Å². The summed E-state index contributed by atoms with van der Waals surface area (Å²) in [6.07, 6.45) is 1.89. The van der Waals surface area contributed by atoms with Crippen LogP contribution < -0.4 is 10.1 Å². The van der Waals surface area contributed by atoms with E-state index in [9.17, 15) is 4.79 Å². The van der Waals surface area contributed by atoms with E-state index in [4.69, 9.17) is 9.47 Å². The maximum atomic E-state index is 12.4. The van der Waals surface area contributed by atoms with Crippen LogP contribution in [0.15, 0.2) is 60.8 Å². The van der Waals surface area contributed by atoms with Gasteiger partial charge < -0.3 is 14.0 Å². The van der Waals surface area contributed by atoms with Gasteiger partial charge in [-0.05, 0) is 29.8 Å². The van der Waals surface area contributed by atoms with Gasteiger partial charge in [0.05, 0.1) is 0 Å². The summed E-state index contributed by atoms with van der Waals surface area (Å²) in [5.74, 6) is 0.634. The van der Waals surface area contributed by atoms with Crippen LogP contribution in [-0.4, -0.2) is 27.8 Å².